The molecule has 170 valence electrons. The van der Waals surface area contributed by atoms with E-state index < -0.39 is 18.0 Å². The number of carbonyl (C=O) groups is 2. The summed E-state index contributed by atoms with van der Waals surface area (Å²) in [6, 6.07) is 15.8. The van der Waals surface area contributed by atoms with Gasteiger partial charge in [-0.3, -0.25) is 4.79 Å². The number of furan rings is 1. The second kappa shape index (κ2) is 9.12. The molecule has 0 saturated heterocycles. The predicted molar refractivity (Wildman–Crippen MR) is 123 cm³/mol. The summed E-state index contributed by atoms with van der Waals surface area (Å²) in [4.78, 5) is 24.6. The molecule has 0 spiro atoms. The van der Waals surface area contributed by atoms with Gasteiger partial charge >= 0.3 is 5.97 Å². The summed E-state index contributed by atoms with van der Waals surface area (Å²) < 4.78 is 27.2. The van der Waals surface area contributed by atoms with E-state index in [1.165, 1.54) is 33.5 Å². The highest BCUT2D eigenvalue weighted by atomic mass is 16.5. The van der Waals surface area contributed by atoms with E-state index in [0.717, 1.165) is 16.4 Å². The molecular weight excluding hydrogens is 426 g/mol. The van der Waals surface area contributed by atoms with Crippen LogP contribution in [0.2, 0.25) is 0 Å². The van der Waals surface area contributed by atoms with Gasteiger partial charge in [0.1, 0.15) is 16.9 Å². The van der Waals surface area contributed by atoms with Crippen molar-refractivity contribution in [2.45, 2.75) is 13.0 Å². The van der Waals surface area contributed by atoms with Crippen molar-refractivity contribution >= 4 is 39.5 Å². The van der Waals surface area contributed by atoms with Crippen molar-refractivity contribution in [3.8, 4) is 17.2 Å². The van der Waals surface area contributed by atoms with Gasteiger partial charge in [-0.15, -0.1) is 0 Å². The summed E-state index contributed by atoms with van der Waals surface area (Å²) in [7, 11) is 4.27. The summed E-state index contributed by atoms with van der Waals surface area (Å²) in [6.45, 7) is 1.61. The van der Waals surface area contributed by atoms with E-state index in [-0.39, 0.29) is 0 Å². The third-order valence-electron chi connectivity index (χ3n) is 5.21. The van der Waals surface area contributed by atoms with Gasteiger partial charge in [0.25, 0.3) is 5.91 Å². The molecule has 1 amide bonds. The minimum absolute atomic E-state index is 0.304. The monoisotopic (exact) mass is 449 g/mol. The lowest BCUT2D eigenvalue weighted by atomic mass is 10.1. The van der Waals surface area contributed by atoms with Crippen LogP contribution in [0.25, 0.3) is 21.9 Å². The summed E-state index contributed by atoms with van der Waals surface area (Å²) in [6.07, 6.45) is -0.876. The van der Waals surface area contributed by atoms with Gasteiger partial charge in [0.2, 0.25) is 0 Å². The third-order valence-corrected chi connectivity index (χ3v) is 5.21. The van der Waals surface area contributed by atoms with Crippen molar-refractivity contribution in [3.63, 3.8) is 0 Å². The molecule has 33 heavy (non-hydrogen) atoms. The summed E-state index contributed by atoms with van der Waals surface area (Å²) in [5.74, 6) is 0.211. The first kappa shape index (κ1) is 22.0. The van der Waals surface area contributed by atoms with Crippen LogP contribution < -0.4 is 19.5 Å². The summed E-state index contributed by atoms with van der Waals surface area (Å²) in [5.41, 5.74) is 2.14. The van der Waals surface area contributed by atoms with E-state index in [2.05, 4.69) is 5.32 Å². The Bertz CT molecular complexity index is 1340. The van der Waals surface area contributed by atoms with Gasteiger partial charge in [0.05, 0.1) is 32.6 Å². The second-order valence-corrected chi connectivity index (χ2v) is 7.25. The van der Waals surface area contributed by atoms with E-state index in [4.69, 9.17) is 23.4 Å². The van der Waals surface area contributed by atoms with Crippen LogP contribution in [0.4, 0.5) is 5.69 Å². The van der Waals surface area contributed by atoms with Crippen molar-refractivity contribution in [1.29, 1.82) is 0 Å². The molecule has 8 heteroatoms. The zero-order chi connectivity index (χ0) is 23.5. The predicted octanol–water partition coefficient (Wildman–Crippen LogP) is 4.80. The maximum atomic E-state index is 12.9. The number of esters is 1. The molecule has 4 aromatic rings. The quantitative estimate of drug-likeness (QED) is 0.405. The lowest BCUT2D eigenvalue weighted by molar-refractivity contribution is -0.122. The van der Waals surface area contributed by atoms with Crippen LogP contribution in [0.15, 0.2) is 59.0 Å². The zero-order valence-corrected chi connectivity index (χ0v) is 18.6. The van der Waals surface area contributed by atoms with Crippen LogP contribution >= 0.6 is 0 Å². The van der Waals surface area contributed by atoms with E-state index in [1.54, 1.807) is 19.1 Å². The largest absolute Gasteiger partial charge is 0.495 e. The van der Waals surface area contributed by atoms with Gasteiger partial charge in [-0.2, -0.15) is 0 Å². The van der Waals surface area contributed by atoms with E-state index in [0.29, 0.717) is 34.1 Å². The molecule has 0 radical (unpaired) electrons. The van der Waals surface area contributed by atoms with Crippen molar-refractivity contribution < 1.29 is 33.0 Å². The fraction of sp³-hybridized carbons (Fsp3) is 0.200. The molecule has 0 aliphatic rings. The second-order valence-electron chi connectivity index (χ2n) is 7.25. The van der Waals surface area contributed by atoms with E-state index >= 15 is 0 Å². The van der Waals surface area contributed by atoms with E-state index in [9.17, 15) is 9.59 Å². The van der Waals surface area contributed by atoms with Crippen LogP contribution in [0.3, 0.4) is 0 Å². The number of hydrogen-bond acceptors (Lipinski definition) is 7. The van der Waals surface area contributed by atoms with Gasteiger partial charge in [-0.05, 0) is 37.3 Å². The van der Waals surface area contributed by atoms with Crippen molar-refractivity contribution in [1.82, 2.24) is 0 Å². The molecule has 0 bridgehead atoms. The van der Waals surface area contributed by atoms with Gasteiger partial charge in [-0.25, -0.2) is 4.79 Å². The number of amides is 1. The fourth-order valence-electron chi connectivity index (χ4n) is 3.51. The maximum Gasteiger partial charge on any atom is 0.337 e. The van der Waals surface area contributed by atoms with Gasteiger partial charge < -0.3 is 28.7 Å². The molecule has 0 aliphatic heterocycles. The van der Waals surface area contributed by atoms with Crippen molar-refractivity contribution in [2.24, 2.45) is 0 Å². The molecule has 0 saturated carbocycles. The number of para-hydroxylation sites is 1. The molecule has 1 unspecified atom stereocenters. The number of fused-ring (bicyclic) bond motifs is 3. The van der Waals surface area contributed by atoms with Crippen molar-refractivity contribution in [3.05, 3.63) is 60.2 Å². The smallest absolute Gasteiger partial charge is 0.337 e. The number of carbonyl (C=O) groups excluding carboxylic acids is 2. The number of benzene rings is 3. The molecule has 4 rings (SSSR count). The average Bonchev–Trinajstić information content (AvgIpc) is 3.20. The molecule has 1 aromatic heterocycles. The Morgan fingerprint density at radius 2 is 1.61 bits per heavy atom. The molecule has 0 fully saturated rings. The van der Waals surface area contributed by atoms with Crippen LogP contribution in [0.5, 0.6) is 17.2 Å². The number of ether oxygens (including phenoxy) is 4. The van der Waals surface area contributed by atoms with Crippen LogP contribution in [0, 0.1) is 0 Å². The molecule has 1 heterocycles. The Hall–Kier alpha value is -4.20. The number of methoxy groups -OCH3 is 3. The highest BCUT2D eigenvalue weighted by Gasteiger charge is 2.21. The molecule has 8 nitrogen and oxygen atoms in total. The van der Waals surface area contributed by atoms with E-state index in [1.807, 2.05) is 30.3 Å². The zero-order valence-electron chi connectivity index (χ0n) is 18.6. The number of anilines is 1. The molecular formula is C25H23NO7. The topological polar surface area (TPSA) is 96.2 Å². The lowest BCUT2D eigenvalue weighted by Gasteiger charge is -2.18. The highest BCUT2D eigenvalue weighted by Crippen LogP contribution is 2.36. The average molecular weight is 449 g/mol. The minimum Gasteiger partial charge on any atom is -0.495 e. The minimum atomic E-state index is -0.876. The maximum absolute atomic E-state index is 12.9. The number of hydrogen-bond donors (Lipinski definition) is 1. The first-order chi connectivity index (χ1) is 15.9. The van der Waals surface area contributed by atoms with Gasteiger partial charge in [0, 0.05) is 16.8 Å². The number of nitrogens with one attached hydrogen (secondary N) is 1. The standard InChI is InChI=1S/C25H23NO7/c1-14(32-20-10-9-15(25(28)31-4)11-23(20)30-3)24(27)26-18-13-21-17(12-22(18)29-2)16-7-5-6-8-19(16)33-21/h5-14H,1-4H3,(H,26,27). The molecule has 1 atom stereocenters. The fourth-order valence-corrected chi connectivity index (χ4v) is 3.51. The van der Waals surface area contributed by atoms with Gasteiger partial charge in [0.15, 0.2) is 17.6 Å². The Balaban J connectivity index is 1.56. The van der Waals surface area contributed by atoms with Gasteiger partial charge in [-0.1, -0.05) is 18.2 Å². The summed E-state index contributed by atoms with van der Waals surface area (Å²) in [5, 5.41) is 4.68. The Kier molecular flexibility index (Phi) is 6.08. The Morgan fingerprint density at radius 1 is 0.848 bits per heavy atom. The molecule has 3 aromatic carbocycles. The Labute approximate surface area is 190 Å². The number of rotatable bonds is 7. The first-order valence-corrected chi connectivity index (χ1v) is 10.2. The summed E-state index contributed by atoms with van der Waals surface area (Å²) >= 11 is 0. The molecule has 0 aliphatic carbocycles. The lowest BCUT2D eigenvalue weighted by Crippen LogP contribution is -2.30. The highest BCUT2D eigenvalue weighted by molar-refractivity contribution is 6.08. The third kappa shape index (κ3) is 4.27. The Morgan fingerprint density at radius 3 is 2.33 bits per heavy atom. The van der Waals surface area contributed by atoms with Crippen LogP contribution in [-0.4, -0.2) is 39.3 Å². The normalized spacial score (nSPS) is 11.8. The van der Waals surface area contributed by atoms with Crippen LogP contribution in [0.1, 0.15) is 17.3 Å². The first-order valence-electron chi connectivity index (χ1n) is 10.2. The SMILES string of the molecule is COC(=O)c1ccc(OC(C)C(=O)Nc2cc3oc4ccccc4c3cc2OC)c(OC)c1. The molecule has 1 N–H and O–H groups in total. The van der Waals surface area contributed by atoms with Crippen LogP contribution in [-0.2, 0) is 9.53 Å². The van der Waals surface area contributed by atoms with Crippen molar-refractivity contribution in [2.75, 3.05) is 26.6 Å².